The summed E-state index contributed by atoms with van der Waals surface area (Å²) in [5, 5.41) is 0. The molecular formula is C14H16N2O4. The minimum absolute atomic E-state index is 0.131. The third-order valence-corrected chi connectivity index (χ3v) is 3.37. The molecule has 0 fully saturated rings. The number of nitrogens with zero attached hydrogens (tertiary/aromatic N) is 2. The number of ether oxygens (including phenoxy) is 1. The fourth-order valence-electron chi connectivity index (χ4n) is 2.00. The maximum absolute atomic E-state index is 12.0. The molecule has 1 aliphatic heterocycles. The van der Waals surface area contributed by atoms with Crippen molar-refractivity contribution < 1.29 is 19.1 Å². The third kappa shape index (κ3) is 2.24. The average Bonchev–Trinajstić information content (AvgIpc) is 2.70. The highest BCUT2D eigenvalue weighted by Gasteiger charge is 2.37. The first-order valence-electron chi connectivity index (χ1n) is 6.27. The Bertz CT molecular complexity index is 583. The van der Waals surface area contributed by atoms with Crippen molar-refractivity contribution in [2.45, 2.75) is 6.92 Å². The number of amides is 2. The van der Waals surface area contributed by atoms with Crippen molar-refractivity contribution >= 4 is 23.3 Å². The molecule has 0 aromatic heterocycles. The summed E-state index contributed by atoms with van der Waals surface area (Å²) in [5.41, 5.74) is 0.736. The van der Waals surface area contributed by atoms with Crippen molar-refractivity contribution in [1.29, 1.82) is 0 Å². The molecule has 0 N–H and O–H groups in total. The Labute approximate surface area is 116 Å². The van der Waals surface area contributed by atoms with Crippen LogP contribution in [0.25, 0.3) is 0 Å². The van der Waals surface area contributed by atoms with Crippen molar-refractivity contribution in [3.8, 4) is 5.75 Å². The molecule has 0 bridgehead atoms. The van der Waals surface area contributed by atoms with Crippen molar-refractivity contribution in [1.82, 2.24) is 4.90 Å². The van der Waals surface area contributed by atoms with Crippen molar-refractivity contribution in [3.05, 3.63) is 23.8 Å². The molecule has 20 heavy (non-hydrogen) atoms. The van der Waals surface area contributed by atoms with Crippen molar-refractivity contribution in [2.75, 3.05) is 32.1 Å². The van der Waals surface area contributed by atoms with Gasteiger partial charge in [-0.05, 0) is 25.1 Å². The zero-order valence-corrected chi connectivity index (χ0v) is 11.7. The zero-order chi connectivity index (χ0) is 14.9. The number of benzene rings is 1. The quantitative estimate of drug-likeness (QED) is 0.759. The van der Waals surface area contributed by atoms with E-state index in [1.165, 1.54) is 23.0 Å². The lowest BCUT2D eigenvalue weighted by molar-refractivity contribution is -0.129. The van der Waals surface area contributed by atoms with Gasteiger partial charge >= 0.3 is 0 Å². The molecule has 1 aromatic carbocycles. The maximum Gasteiger partial charge on any atom is 0.299 e. The van der Waals surface area contributed by atoms with Crippen LogP contribution < -0.4 is 9.64 Å². The van der Waals surface area contributed by atoms with Gasteiger partial charge in [0.05, 0.1) is 18.4 Å². The van der Waals surface area contributed by atoms with E-state index >= 15 is 0 Å². The van der Waals surface area contributed by atoms with Crippen LogP contribution in [0.5, 0.6) is 5.75 Å². The fourth-order valence-corrected chi connectivity index (χ4v) is 2.00. The number of ketones is 1. The van der Waals surface area contributed by atoms with Crippen LogP contribution in [0.2, 0.25) is 0 Å². The summed E-state index contributed by atoms with van der Waals surface area (Å²) in [5.74, 6) is -0.988. The van der Waals surface area contributed by atoms with E-state index in [1.54, 1.807) is 19.2 Å². The topological polar surface area (TPSA) is 66.9 Å². The molecule has 2 amide bonds. The number of fused-ring (bicyclic) bond motifs is 1. The van der Waals surface area contributed by atoms with Gasteiger partial charge in [0.2, 0.25) is 5.91 Å². The molecule has 0 saturated carbocycles. The highest BCUT2D eigenvalue weighted by Crippen LogP contribution is 2.31. The molecule has 0 saturated heterocycles. The number of likely N-dealkylation sites (N-methyl/N-ethyl adjacent to an activating group) is 1. The van der Waals surface area contributed by atoms with E-state index in [1.807, 2.05) is 6.92 Å². The number of carbonyl (C=O) groups is 3. The van der Waals surface area contributed by atoms with Gasteiger partial charge in [-0.15, -0.1) is 0 Å². The Morgan fingerprint density at radius 3 is 2.65 bits per heavy atom. The molecule has 0 unspecified atom stereocenters. The normalized spacial score (nSPS) is 13.4. The van der Waals surface area contributed by atoms with E-state index in [0.717, 1.165) is 0 Å². The minimum atomic E-state index is -0.675. The van der Waals surface area contributed by atoms with E-state index < -0.39 is 11.7 Å². The summed E-state index contributed by atoms with van der Waals surface area (Å²) in [4.78, 5) is 38.5. The molecule has 106 valence electrons. The van der Waals surface area contributed by atoms with Crippen LogP contribution in [0.15, 0.2) is 18.2 Å². The first kappa shape index (κ1) is 14.0. The highest BCUT2D eigenvalue weighted by molar-refractivity contribution is 6.52. The molecule has 1 heterocycles. The lowest BCUT2D eigenvalue weighted by atomic mass is 10.1. The van der Waals surface area contributed by atoms with Gasteiger partial charge in [-0.1, -0.05) is 0 Å². The van der Waals surface area contributed by atoms with Crippen LogP contribution in [0.1, 0.15) is 17.3 Å². The van der Waals surface area contributed by atoms with Gasteiger partial charge in [0, 0.05) is 13.6 Å². The number of carbonyl (C=O) groups excluding carboxylic acids is 3. The lowest BCUT2D eigenvalue weighted by Crippen LogP contribution is -2.40. The van der Waals surface area contributed by atoms with E-state index in [2.05, 4.69) is 0 Å². The number of hydrogen-bond donors (Lipinski definition) is 0. The summed E-state index contributed by atoms with van der Waals surface area (Å²) < 4.78 is 5.04. The van der Waals surface area contributed by atoms with Gasteiger partial charge in [-0.3, -0.25) is 19.3 Å². The number of rotatable bonds is 4. The monoisotopic (exact) mass is 276 g/mol. The van der Waals surface area contributed by atoms with Crippen molar-refractivity contribution in [3.63, 3.8) is 0 Å². The summed E-state index contributed by atoms with van der Waals surface area (Å²) in [6, 6.07) is 4.80. The summed E-state index contributed by atoms with van der Waals surface area (Å²) in [6.45, 7) is 2.26. The third-order valence-electron chi connectivity index (χ3n) is 3.37. The fraction of sp³-hybridized carbons (Fsp3) is 0.357. The summed E-state index contributed by atoms with van der Waals surface area (Å²) >= 11 is 0. The zero-order valence-electron chi connectivity index (χ0n) is 11.7. The lowest BCUT2D eigenvalue weighted by Gasteiger charge is -2.20. The average molecular weight is 276 g/mol. The molecule has 0 radical (unpaired) electrons. The number of methoxy groups -OCH3 is 1. The first-order chi connectivity index (χ1) is 9.49. The van der Waals surface area contributed by atoms with Gasteiger partial charge in [0.15, 0.2) is 0 Å². The van der Waals surface area contributed by atoms with Crippen LogP contribution in [-0.2, 0) is 9.59 Å². The second-order valence-corrected chi connectivity index (χ2v) is 4.51. The Balaban J connectivity index is 2.32. The Hall–Kier alpha value is -2.37. The van der Waals surface area contributed by atoms with Crippen LogP contribution in [0.3, 0.4) is 0 Å². The van der Waals surface area contributed by atoms with Gasteiger partial charge in [0.1, 0.15) is 12.3 Å². The van der Waals surface area contributed by atoms with Gasteiger partial charge in [-0.25, -0.2) is 0 Å². The maximum atomic E-state index is 12.0. The molecular weight excluding hydrogens is 260 g/mol. The Kier molecular flexibility index (Phi) is 3.74. The predicted octanol–water partition coefficient (Wildman–Crippen LogP) is 0.703. The molecule has 1 aromatic rings. The van der Waals surface area contributed by atoms with Gasteiger partial charge in [0.25, 0.3) is 11.7 Å². The van der Waals surface area contributed by atoms with E-state index in [4.69, 9.17) is 4.74 Å². The van der Waals surface area contributed by atoms with Crippen LogP contribution in [0.4, 0.5) is 5.69 Å². The van der Waals surface area contributed by atoms with Gasteiger partial charge < -0.3 is 9.64 Å². The second-order valence-electron chi connectivity index (χ2n) is 4.51. The standard InChI is InChI=1S/C14H16N2O4/c1-4-15(2)12(17)8-16-11-6-5-9(20-3)7-10(11)13(18)14(16)19/h5-7H,4,8H2,1-3H3. The SMILES string of the molecule is CCN(C)C(=O)CN1C(=O)C(=O)c2cc(OC)ccc21. The van der Waals surface area contributed by atoms with E-state index in [0.29, 0.717) is 18.0 Å². The number of anilines is 1. The number of hydrogen-bond acceptors (Lipinski definition) is 4. The highest BCUT2D eigenvalue weighted by atomic mass is 16.5. The van der Waals surface area contributed by atoms with Gasteiger partial charge in [-0.2, -0.15) is 0 Å². The minimum Gasteiger partial charge on any atom is -0.497 e. The van der Waals surface area contributed by atoms with Crippen LogP contribution in [0, 0.1) is 0 Å². The molecule has 2 rings (SSSR count). The predicted molar refractivity (Wildman–Crippen MR) is 73.0 cm³/mol. The first-order valence-corrected chi connectivity index (χ1v) is 6.27. The Morgan fingerprint density at radius 2 is 2.05 bits per heavy atom. The summed E-state index contributed by atoms with van der Waals surface area (Å²) in [7, 11) is 3.14. The molecule has 6 nitrogen and oxygen atoms in total. The van der Waals surface area contributed by atoms with Crippen LogP contribution >= 0.6 is 0 Å². The molecule has 6 heteroatoms. The Morgan fingerprint density at radius 1 is 1.35 bits per heavy atom. The van der Waals surface area contributed by atoms with E-state index in [-0.39, 0.29) is 18.0 Å². The molecule has 0 spiro atoms. The van der Waals surface area contributed by atoms with E-state index in [9.17, 15) is 14.4 Å². The van der Waals surface area contributed by atoms with Crippen LogP contribution in [-0.4, -0.2) is 49.7 Å². The largest absolute Gasteiger partial charge is 0.497 e. The van der Waals surface area contributed by atoms with Crippen molar-refractivity contribution in [2.24, 2.45) is 0 Å². The molecule has 0 aliphatic carbocycles. The summed E-state index contributed by atoms with van der Waals surface area (Å²) in [6.07, 6.45) is 0. The molecule has 0 atom stereocenters. The smallest absolute Gasteiger partial charge is 0.299 e. The number of Topliss-reactive ketones (excluding diaryl/α,β-unsaturated/α-hetero) is 1. The molecule has 1 aliphatic rings. The second kappa shape index (κ2) is 5.32.